The van der Waals surface area contributed by atoms with E-state index in [-0.39, 0.29) is 0 Å². The molecule has 2 aromatic rings. The van der Waals surface area contributed by atoms with Crippen LogP contribution in [0.4, 0.5) is 0 Å². The molecule has 0 atom stereocenters. The lowest BCUT2D eigenvalue weighted by molar-refractivity contribution is 0.494. The molecule has 0 unspecified atom stereocenters. The third-order valence-corrected chi connectivity index (χ3v) is 3.73. The summed E-state index contributed by atoms with van der Waals surface area (Å²) in [6.45, 7) is 2.95. The van der Waals surface area contributed by atoms with Crippen LogP contribution in [0.15, 0.2) is 27.1 Å². The third kappa shape index (κ3) is 3.22. The van der Waals surface area contributed by atoms with Gasteiger partial charge in [0, 0.05) is 29.0 Å². The number of hydrogen-bond acceptors (Lipinski definition) is 4. The van der Waals surface area contributed by atoms with E-state index < -0.39 is 0 Å². The molecule has 1 saturated carbocycles. The molecule has 1 N–H and O–H groups in total. The maximum absolute atomic E-state index is 5.72. The van der Waals surface area contributed by atoms with E-state index in [0.29, 0.717) is 11.8 Å². The van der Waals surface area contributed by atoms with Crippen LogP contribution in [0.1, 0.15) is 24.3 Å². The number of hydrogen-bond donors (Lipinski definition) is 1. The molecule has 1 aromatic carbocycles. The first-order valence-electron chi connectivity index (χ1n) is 6.54. The fourth-order valence-electron chi connectivity index (χ4n) is 2.00. The number of benzene rings is 1. The standard InChI is InChI=1S/C14H16BrN3O/c1-9-8-10(15)2-5-12(9)14-18-17-13(19-14)6-7-16-11-3-4-11/h2,5,8,11,16H,3-4,6-7H2,1H3. The van der Waals surface area contributed by atoms with Crippen LogP contribution in [0.2, 0.25) is 0 Å². The van der Waals surface area contributed by atoms with Gasteiger partial charge in [0.15, 0.2) is 0 Å². The number of halogens is 1. The van der Waals surface area contributed by atoms with E-state index in [4.69, 9.17) is 4.42 Å². The quantitative estimate of drug-likeness (QED) is 0.919. The third-order valence-electron chi connectivity index (χ3n) is 3.23. The molecule has 100 valence electrons. The molecule has 1 fully saturated rings. The average molecular weight is 322 g/mol. The van der Waals surface area contributed by atoms with Crippen molar-refractivity contribution in [2.24, 2.45) is 0 Å². The van der Waals surface area contributed by atoms with E-state index >= 15 is 0 Å². The van der Waals surface area contributed by atoms with Crippen molar-refractivity contribution >= 4 is 15.9 Å². The van der Waals surface area contributed by atoms with Gasteiger partial charge in [-0.15, -0.1) is 10.2 Å². The van der Waals surface area contributed by atoms with Crippen LogP contribution in [0.3, 0.4) is 0 Å². The molecule has 0 saturated heterocycles. The Bertz CT molecular complexity index is 578. The maximum atomic E-state index is 5.72. The minimum absolute atomic E-state index is 0.603. The molecule has 0 amide bonds. The zero-order valence-electron chi connectivity index (χ0n) is 10.8. The first kappa shape index (κ1) is 12.8. The van der Waals surface area contributed by atoms with Crippen LogP contribution in [-0.2, 0) is 6.42 Å². The van der Waals surface area contributed by atoms with Crippen LogP contribution in [0.25, 0.3) is 11.5 Å². The summed E-state index contributed by atoms with van der Waals surface area (Å²) in [6, 6.07) is 6.75. The summed E-state index contributed by atoms with van der Waals surface area (Å²) >= 11 is 3.45. The fourth-order valence-corrected chi connectivity index (χ4v) is 2.48. The van der Waals surface area contributed by atoms with Crippen molar-refractivity contribution in [3.63, 3.8) is 0 Å². The highest BCUT2D eigenvalue weighted by atomic mass is 79.9. The molecule has 0 radical (unpaired) electrons. The molecule has 19 heavy (non-hydrogen) atoms. The van der Waals surface area contributed by atoms with Crippen molar-refractivity contribution in [2.75, 3.05) is 6.54 Å². The fraction of sp³-hybridized carbons (Fsp3) is 0.429. The monoisotopic (exact) mass is 321 g/mol. The van der Waals surface area contributed by atoms with E-state index in [1.54, 1.807) is 0 Å². The van der Waals surface area contributed by atoms with Gasteiger partial charge in [0.1, 0.15) is 0 Å². The second-order valence-electron chi connectivity index (χ2n) is 4.94. The van der Waals surface area contributed by atoms with Gasteiger partial charge < -0.3 is 9.73 Å². The minimum atomic E-state index is 0.603. The number of rotatable bonds is 5. The largest absolute Gasteiger partial charge is 0.421 e. The van der Waals surface area contributed by atoms with Crippen molar-refractivity contribution in [1.82, 2.24) is 15.5 Å². The van der Waals surface area contributed by atoms with Crippen LogP contribution in [0, 0.1) is 6.92 Å². The smallest absolute Gasteiger partial charge is 0.248 e. The summed E-state index contributed by atoms with van der Waals surface area (Å²) < 4.78 is 6.77. The summed E-state index contributed by atoms with van der Waals surface area (Å²) in [6.07, 6.45) is 3.39. The number of nitrogens with one attached hydrogen (secondary N) is 1. The highest BCUT2D eigenvalue weighted by Crippen LogP contribution is 2.25. The molecule has 0 spiro atoms. The lowest BCUT2D eigenvalue weighted by atomic mass is 10.1. The molecule has 3 rings (SSSR count). The van der Waals surface area contributed by atoms with Crippen LogP contribution < -0.4 is 5.32 Å². The van der Waals surface area contributed by atoms with Gasteiger partial charge in [-0.05, 0) is 43.5 Å². The lowest BCUT2D eigenvalue weighted by Crippen LogP contribution is -2.19. The molecule has 1 aliphatic rings. The molecule has 1 aliphatic carbocycles. The Balaban J connectivity index is 1.68. The first-order chi connectivity index (χ1) is 9.22. The van der Waals surface area contributed by atoms with E-state index in [1.807, 2.05) is 25.1 Å². The van der Waals surface area contributed by atoms with E-state index in [0.717, 1.165) is 34.6 Å². The van der Waals surface area contributed by atoms with Crippen LogP contribution in [0.5, 0.6) is 0 Å². The SMILES string of the molecule is Cc1cc(Br)ccc1-c1nnc(CCNC2CC2)o1. The second kappa shape index (κ2) is 5.43. The predicted molar refractivity (Wildman–Crippen MR) is 76.9 cm³/mol. The van der Waals surface area contributed by atoms with Gasteiger partial charge in [-0.1, -0.05) is 15.9 Å². The van der Waals surface area contributed by atoms with Gasteiger partial charge in [0.2, 0.25) is 11.8 Å². The zero-order chi connectivity index (χ0) is 13.2. The van der Waals surface area contributed by atoms with E-state index in [2.05, 4.69) is 31.4 Å². The number of aromatic nitrogens is 2. The zero-order valence-corrected chi connectivity index (χ0v) is 12.4. The Kier molecular flexibility index (Phi) is 3.66. The summed E-state index contributed by atoms with van der Waals surface area (Å²) in [5.41, 5.74) is 2.12. The molecular weight excluding hydrogens is 306 g/mol. The molecule has 4 nitrogen and oxygen atoms in total. The van der Waals surface area contributed by atoms with Gasteiger partial charge in [-0.25, -0.2) is 0 Å². The summed E-state index contributed by atoms with van der Waals surface area (Å²) in [4.78, 5) is 0. The lowest BCUT2D eigenvalue weighted by Gasteiger charge is -2.01. The number of nitrogens with zero attached hydrogens (tertiary/aromatic N) is 2. The maximum Gasteiger partial charge on any atom is 0.248 e. The van der Waals surface area contributed by atoms with Crippen molar-refractivity contribution in [1.29, 1.82) is 0 Å². The molecule has 5 heteroatoms. The van der Waals surface area contributed by atoms with E-state index in [9.17, 15) is 0 Å². The Morgan fingerprint density at radius 3 is 2.95 bits per heavy atom. The van der Waals surface area contributed by atoms with Gasteiger partial charge in [0.05, 0.1) is 0 Å². The van der Waals surface area contributed by atoms with Crippen molar-refractivity contribution < 1.29 is 4.42 Å². The van der Waals surface area contributed by atoms with Crippen LogP contribution in [-0.4, -0.2) is 22.8 Å². The molecular formula is C14H16BrN3O. The second-order valence-corrected chi connectivity index (χ2v) is 5.85. The average Bonchev–Trinajstić information content (AvgIpc) is 3.07. The van der Waals surface area contributed by atoms with E-state index in [1.165, 1.54) is 12.8 Å². The molecule has 0 bridgehead atoms. The Labute approximate surface area is 120 Å². The van der Waals surface area contributed by atoms with Gasteiger partial charge >= 0.3 is 0 Å². The minimum Gasteiger partial charge on any atom is -0.421 e. The number of aryl methyl sites for hydroxylation is 1. The van der Waals surface area contributed by atoms with Crippen molar-refractivity contribution in [3.8, 4) is 11.5 Å². The predicted octanol–water partition coefficient (Wildman–Crippen LogP) is 3.10. The Hall–Kier alpha value is -1.20. The Morgan fingerprint density at radius 1 is 1.37 bits per heavy atom. The van der Waals surface area contributed by atoms with Crippen LogP contribution >= 0.6 is 15.9 Å². The first-order valence-corrected chi connectivity index (χ1v) is 7.34. The highest BCUT2D eigenvalue weighted by molar-refractivity contribution is 9.10. The molecule has 1 heterocycles. The van der Waals surface area contributed by atoms with Gasteiger partial charge in [0.25, 0.3) is 0 Å². The molecule has 0 aliphatic heterocycles. The molecule has 1 aromatic heterocycles. The van der Waals surface area contributed by atoms with Crippen molar-refractivity contribution in [2.45, 2.75) is 32.2 Å². The van der Waals surface area contributed by atoms with Gasteiger partial charge in [-0.3, -0.25) is 0 Å². The topological polar surface area (TPSA) is 51.0 Å². The van der Waals surface area contributed by atoms with Gasteiger partial charge in [-0.2, -0.15) is 0 Å². The summed E-state index contributed by atoms with van der Waals surface area (Å²) in [5, 5.41) is 11.7. The van der Waals surface area contributed by atoms with Crippen molar-refractivity contribution in [3.05, 3.63) is 34.1 Å². The normalized spacial score (nSPS) is 14.8. The summed E-state index contributed by atoms with van der Waals surface area (Å²) in [5.74, 6) is 1.30. The Morgan fingerprint density at radius 2 is 2.21 bits per heavy atom. The highest BCUT2D eigenvalue weighted by Gasteiger charge is 2.20. The summed E-state index contributed by atoms with van der Waals surface area (Å²) in [7, 11) is 0.